The second-order valence-corrected chi connectivity index (χ2v) is 8.85. The van der Waals surface area contributed by atoms with Crippen molar-refractivity contribution < 1.29 is 0 Å². The third kappa shape index (κ3) is 5.41. The molecule has 0 aromatic carbocycles. The summed E-state index contributed by atoms with van der Waals surface area (Å²) in [5.41, 5.74) is 1.21. The second kappa shape index (κ2) is 9.96. The largest absolute Gasteiger partial charge is 0.332 e. The van der Waals surface area contributed by atoms with E-state index in [0.29, 0.717) is 12.1 Å². The number of hydrogen-bond acceptors (Lipinski definition) is 7. The number of rotatable bonds is 7. The van der Waals surface area contributed by atoms with Gasteiger partial charge < -0.3 is 9.80 Å². The summed E-state index contributed by atoms with van der Waals surface area (Å²) >= 11 is 0. The quantitative estimate of drug-likeness (QED) is 0.714. The molecule has 0 amide bonds. The van der Waals surface area contributed by atoms with Gasteiger partial charge in [-0.05, 0) is 18.8 Å². The van der Waals surface area contributed by atoms with Crippen molar-refractivity contribution in [3.8, 4) is 0 Å². The number of nitrogens with zero attached hydrogens (tertiary/aromatic N) is 6. The molecule has 1 aromatic heterocycles. The number of anilines is 1. The van der Waals surface area contributed by atoms with Gasteiger partial charge in [0.15, 0.2) is 0 Å². The van der Waals surface area contributed by atoms with Crippen molar-refractivity contribution >= 4 is 5.95 Å². The van der Waals surface area contributed by atoms with Crippen molar-refractivity contribution in [2.75, 3.05) is 50.7 Å². The van der Waals surface area contributed by atoms with Crippen LogP contribution < -0.4 is 10.7 Å². The molecule has 2 atom stereocenters. The Morgan fingerprint density at radius 3 is 2.00 bits per heavy atom. The van der Waals surface area contributed by atoms with Gasteiger partial charge >= 0.3 is 0 Å². The lowest BCUT2D eigenvalue weighted by Crippen LogP contribution is -2.61. The Hall–Kier alpha value is -1.28. The van der Waals surface area contributed by atoms with Crippen LogP contribution in [0.2, 0.25) is 0 Å². The van der Waals surface area contributed by atoms with Crippen LogP contribution in [0, 0.1) is 5.92 Å². The van der Waals surface area contributed by atoms with Crippen LogP contribution in [0.15, 0.2) is 12.4 Å². The van der Waals surface area contributed by atoms with Gasteiger partial charge in [0, 0.05) is 82.4 Å². The van der Waals surface area contributed by atoms with Crippen molar-refractivity contribution in [1.82, 2.24) is 24.8 Å². The molecule has 0 saturated carbocycles. The summed E-state index contributed by atoms with van der Waals surface area (Å²) in [5.74, 6) is 7.73. The minimum atomic E-state index is 0.378. The lowest BCUT2D eigenvalue weighted by atomic mass is 10.0. The van der Waals surface area contributed by atoms with Crippen LogP contribution in [0.3, 0.4) is 0 Å². The van der Waals surface area contributed by atoms with Gasteiger partial charge in [-0.3, -0.25) is 10.7 Å². The number of hydrazine groups is 1. The molecule has 3 rings (SSSR count). The van der Waals surface area contributed by atoms with Gasteiger partial charge in [-0.2, -0.15) is 0 Å². The maximum Gasteiger partial charge on any atom is 0.225 e. The highest BCUT2D eigenvalue weighted by Gasteiger charge is 2.33. The zero-order chi connectivity index (χ0) is 20.1. The van der Waals surface area contributed by atoms with E-state index >= 15 is 0 Å². The summed E-state index contributed by atoms with van der Waals surface area (Å²) in [6, 6.07) is 0.757. The molecule has 28 heavy (non-hydrogen) atoms. The third-order valence-electron chi connectivity index (χ3n) is 6.04. The first-order chi connectivity index (χ1) is 13.5. The zero-order valence-electron chi connectivity index (χ0n) is 18.2. The van der Waals surface area contributed by atoms with Gasteiger partial charge in [0.05, 0.1) is 0 Å². The SMILES string of the molecule is CCC1CN(N)CC(CC)N1c1ncc(CN2CCN(CC(C)C)CC2)cn1. The molecule has 7 nitrogen and oxygen atoms in total. The Kier molecular flexibility index (Phi) is 7.62. The topological polar surface area (TPSA) is 64.8 Å². The molecule has 2 aliphatic heterocycles. The number of aromatic nitrogens is 2. The maximum absolute atomic E-state index is 6.13. The molecule has 2 fully saturated rings. The standard InChI is InChI=1S/C21H39N7/c1-5-19-15-27(22)16-20(6-2)28(19)21-23-11-18(12-24-21)14-26-9-7-25(8-10-26)13-17(3)4/h11-12,17,19-20H,5-10,13-16,22H2,1-4H3. The molecule has 2 aliphatic rings. The monoisotopic (exact) mass is 389 g/mol. The summed E-state index contributed by atoms with van der Waals surface area (Å²) in [4.78, 5) is 17.0. The minimum absolute atomic E-state index is 0.378. The summed E-state index contributed by atoms with van der Waals surface area (Å²) in [6.07, 6.45) is 6.15. The average Bonchev–Trinajstić information content (AvgIpc) is 2.69. The van der Waals surface area contributed by atoms with E-state index in [1.165, 1.54) is 12.1 Å². The molecule has 0 aliphatic carbocycles. The van der Waals surface area contributed by atoms with Gasteiger partial charge in [-0.15, -0.1) is 0 Å². The first kappa shape index (κ1) is 21.4. The van der Waals surface area contributed by atoms with E-state index in [0.717, 1.165) is 70.5 Å². The van der Waals surface area contributed by atoms with Gasteiger partial charge in [-0.25, -0.2) is 15.0 Å². The molecule has 2 unspecified atom stereocenters. The molecular weight excluding hydrogens is 350 g/mol. The van der Waals surface area contributed by atoms with E-state index in [4.69, 9.17) is 15.8 Å². The predicted octanol–water partition coefficient (Wildman–Crippen LogP) is 1.80. The number of piperazine rings is 2. The van der Waals surface area contributed by atoms with Gasteiger partial charge in [0.2, 0.25) is 5.95 Å². The van der Waals surface area contributed by atoms with E-state index in [1.807, 2.05) is 17.4 Å². The normalized spacial score (nSPS) is 25.6. The highest BCUT2D eigenvalue weighted by Crippen LogP contribution is 2.24. The number of nitrogens with two attached hydrogens (primary N) is 1. The molecule has 2 N–H and O–H groups in total. The van der Waals surface area contributed by atoms with Crippen LogP contribution in [-0.4, -0.2) is 82.7 Å². The first-order valence-corrected chi connectivity index (χ1v) is 11.0. The van der Waals surface area contributed by atoms with Gasteiger partial charge in [0.1, 0.15) is 0 Å². The smallest absolute Gasteiger partial charge is 0.225 e. The first-order valence-electron chi connectivity index (χ1n) is 11.0. The summed E-state index contributed by atoms with van der Waals surface area (Å²) in [5, 5.41) is 1.95. The molecule has 7 heteroatoms. The Bertz CT molecular complexity index is 569. The molecule has 0 bridgehead atoms. The molecule has 158 valence electrons. The van der Waals surface area contributed by atoms with Crippen LogP contribution in [0.1, 0.15) is 46.1 Å². The van der Waals surface area contributed by atoms with Crippen molar-refractivity contribution in [3.63, 3.8) is 0 Å². The molecule has 1 aromatic rings. The van der Waals surface area contributed by atoms with Gasteiger partial charge in [-0.1, -0.05) is 27.7 Å². The summed E-state index contributed by atoms with van der Waals surface area (Å²) in [7, 11) is 0. The molecule has 3 heterocycles. The van der Waals surface area contributed by atoms with Crippen LogP contribution in [-0.2, 0) is 6.54 Å². The Morgan fingerprint density at radius 1 is 0.964 bits per heavy atom. The molecule has 0 radical (unpaired) electrons. The average molecular weight is 390 g/mol. The Morgan fingerprint density at radius 2 is 1.50 bits per heavy atom. The lowest BCUT2D eigenvalue weighted by molar-refractivity contribution is 0.117. The maximum atomic E-state index is 6.13. The van der Waals surface area contributed by atoms with Crippen LogP contribution in [0.25, 0.3) is 0 Å². The van der Waals surface area contributed by atoms with Crippen LogP contribution in [0.4, 0.5) is 5.95 Å². The fraction of sp³-hybridized carbons (Fsp3) is 0.810. The summed E-state index contributed by atoms with van der Waals surface area (Å²) < 4.78 is 0. The van der Waals surface area contributed by atoms with E-state index in [2.05, 4.69) is 42.4 Å². The Balaban J connectivity index is 1.59. The van der Waals surface area contributed by atoms with Gasteiger partial charge in [0.25, 0.3) is 0 Å². The fourth-order valence-corrected chi connectivity index (χ4v) is 4.54. The highest BCUT2D eigenvalue weighted by molar-refractivity contribution is 5.35. The van der Waals surface area contributed by atoms with E-state index in [1.54, 1.807) is 0 Å². The molecule has 0 spiro atoms. The zero-order valence-corrected chi connectivity index (χ0v) is 18.2. The molecule has 2 saturated heterocycles. The minimum Gasteiger partial charge on any atom is -0.332 e. The third-order valence-corrected chi connectivity index (χ3v) is 6.04. The lowest BCUT2D eigenvalue weighted by Gasteiger charge is -2.45. The van der Waals surface area contributed by atoms with Crippen molar-refractivity contribution in [1.29, 1.82) is 0 Å². The predicted molar refractivity (Wildman–Crippen MR) is 115 cm³/mol. The second-order valence-electron chi connectivity index (χ2n) is 8.85. The molecular formula is C21H39N7. The van der Waals surface area contributed by atoms with Crippen molar-refractivity contribution in [2.45, 2.75) is 59.2 Å². The summed E-state index contributed by atoms with van der Waals surface area (Å²) in [6.45, 7) is 17.5. The van der Waals surface area contributed by atoms with Crippen molar-refractivity contribution in [3.05, 3.63) is 18.0 Å². The van der Waals surface area contributed by atoms with E-state index in [-0.39, 0.29) is 0 Å². The van der Waals surface area contributed by atoms with E-state index in [9.17, 15) is 0 Å². The number of hydrogen-bond donors (Lipinski definition) is 1. The Labute approximate surface area is 170 Å². The van der Waals surface area contributed by atoms with Crippen LogP contribution >= 0.6 is 0 Å². The van der Waals surface area contributed by atoms with Crippen LogP contribution in [0.5, 0.6) is 0 Å². The van der Waals surface area contributed by atoms with E-state index < -0.39 is 0 Å². The highest BCUT2D eigenvalue weighted by atomic mass is 15.5. The fourth-order valence-electron chi connectivity index (χ4n) is 4.54. The van der Waals surface area contributed by atoms with Crippen molar-refractivity contribution in [2.24, 2.45) is 11.8 Å².